The largest absolute Gasteiger partial charge is 0.493 e. The number of rotatable bonds is 5. The first-order valence-corrected chi connectivity index (χ1v) is 12.9. The maximum absolute atomic E-state index is 13.1. The number of esters is 1. The molecule has 6 rings (SSSR count). The van der Waals surface area contributed by atoms with Gasteiger partial charge in [0.2, 0.25) is 12.5 Å². The Morgan fingerprint density at radius 2 is 1.83 bits per heavy atom. The van der Waals surface area contributed by atoms with Gasteiger partial charge >= 0.3 is 5.97 Å². The van der Waals surface area contributed by atoms with E-state index in [4.69, 9.17) is 28.4 Å². The molecule has 35 heavy (non-hydrogen) atoms. The molecule has 10 heteroatoms. The lowest BCUT2D eigenvalue weighted by atomic mass is 9.83. The average Bonchev–Trinajstić information content (AvgIpc) is 3.63. The Balaban J connectivity index is 1.59. The molecule has 0 spiro atoms. The van der Waals surface area contributed by atoms with Crippen LogP contribution in [0.15, 0.2) is 29.6 Å². The predicted octanol–water partition coefficient (Wildman–Crippen LogP) is 5.33. The van der Waals surface area contributed by atoms with Crippen LogP contribution in [0.3, 0.4) is 0 Å². The number of ether oxygens (including phenoxy) is 6. The quantitative estimate of drug-likeness (QED) is 0.219. The normalized spacial score (nSPS) is 20.3. The van der Waals surface area contributed by atoms with Crippen LogP contribution in [0.2, 0.25) is 0 Å². The van der Waals surface area contributed by atoms with Crippen molar-refractivity contribution in [3.63, 3.8) is 0 Å². The van der Waals surface area contributed by atoms with E-state index in [-0.39, 0.29) is 12.8 Å². The highest BCUT2D eigenvalue weighted by Gasteiger charge is 2.47. The molecule has 3 aliphatic rings. The molecule has 8 nitrogen and oxygen atoms in total. The molecule has 0 radical (unpaired) electrons. The molecule has 0 saturated carbocycles. The zero-order chi connectivity index (χ0) is 24.3. The van der Waals surface area contributed by atoms with E-state index in [0.717, 1.165) is 40.1 Å². The first-order chi connectivity index (χ1) is 17.1. The highest BCUT2D eigenvalue weighted by atomic mass is 127. The van der Waals surface area contributed by atoms with Crippen molar-refractivity contribution in [2.75, 3.05) is 34.7 Å². The molecule has 3 aromatic rings. The minimum atomic E-state index is -0.571. The maximum Gasteiger partial charge on any atom is 0.343 e. The lowest BCUT2D eigenvalue weighted by Crippen LogP contribution is -2.33. The van der Waals surface area contributed by atoms with E-state index in [0.29, 0.717) is 34.3 Å². The molecule has 0 bridgehead atoms. The van der Waals surface area contributed by atoms with Gasteiger partial charge in [0.1, 0.15) is 11.7 Å². The van der Waals surface area contributed by atoms with E-state index < -0.39 is 12.1 Å². The number of benzene rings is 2. The van der Waals surface area contributed by atoms with Gasteiger partial charge in [-0.25, -0.2) is 7.91 Å². The highest BCUT2D eigenvalue weighted by Crippen LogP contribution is 2.59. The molecular weight excluding hydrogens is 585 g/mol. The van der Waals surface area contributed by atoms with E-state index in [2.05, 4.69) is 32.0 Å². The van der Waals surface area contributed by atoms with Gasteiger partial charge in [-0.3, -0.25) is 0 Å². The van der Waals surface area contributed by atoms with Gasteiger partial charge in [-0.2, -0.15) is 0 Å². The molecule has 182 valence electrons. The van der Waals surface area contributed by atoms with Gasteiger partial charge in [0.25, 0.3) is 0 Å². The van der Waals surface area contributed by atoms with Crippen LogP contribution in [0, 0.1) is 0 Å². The second-order valence-corrected chi connectivity index (χ2v) is 10.4. The summed E-state index contributed by atoms with van der Waals surface area (Å²) in [4.78, 5) is 14.2. The van der Waals surface area contributed by atoms with Crippen molar-refractivity contribution in [3.8, 4) is 39.2 Å². The van der Waals surface area contributed by atoms with Crippen molar-refractivity contribution in [3.05, 3.63) is 51.9 Å². The predicted molar refractivity (Wildman–Crippen MR) is 137 cm³/mol. The SMILES string of the molecule is COc1ccc2c(c1OC)C(=O)OC2[C@H]1c2c(c(-c3cccs3)c3c(c2OC)OCO3)CCN1I. The number of thiophene rings is 1. The summed E-state index contributed by atoms with van der Waals surface area (Å²) in [6, 6.07) is 7.48. The van der Waals surface area contributed by atoms with Crippen LogP contribution in [0.5, 0.6) is 28.7 Å². The molecule has 0 N–H and O–H groups in total. The molecule has 0 saturated heterocycles. The van der Waals surface area contributed by atoms with Gasteiger partial charge in [0.05, 0.1) is 27.4 Å². The highest BCUT2D eigenvalue weighted by molar-refractivity contribution is 14.1. The Kier molecular flexibility index (Phi) is 5.69. The molecular formula is C25H22INO7S. The van der Waals surface area contributed by atoms with Crippen molar-refractivity contribution in [2.45, 2.75) is 18.6 Å². The third kappa shape index (κ3) is 3.30. The van der Waals surface area contributed by atoms with Crippen molar-refractivity contribution >= 4 is 40.2 Å². The van der Waals surface area contributed by atoms with Crippen LogP contribution in [-0.2, 0) is 11.2 Å². The Hall–Kier alpha value is -2.70. The number of methoxy groups -OCH3 is 3. The minimum absolute atomic E-state index is 0.129. The third-order valence-electron chi connectivity index (χ3n) is 6.67. The summed E-state index contributed by atoms with van der Waals surface area (Å²) in [7, 11) is 4.70. The lowest BCUT2D eigenvalue weighted by Gasteiger charge is -2.38. The number of carbonyl (C=O) groups is 1. The third-order valence-corrected chi connectivity index (χ3v) is 8.64. The fourth-order valence-corrected chi connectivity index (χ4v) is 6.89. The fraction of sp³-hybridized carbons (Fsp3) is 0.320. The van der Waals surface area contributed by atoms with E-state index >= 15 is 0 Å². The zero-order valence-electron chi connectivity index (χ0n) is 19.3. The first-order valence-electron chi connectivity index (χ1n) is 11.0. The first kappa shape index (κ1) is 22.7. The fourth-order valence-electron chi connectivity index (χ4n) is 5.28. The molecule has 0 fully saturated rings. The van der Waals surface area contributed by atoms with E-state index in [9.17, 15) is 4.79 Å². The van der Waals surface area contributed by atoms with Gasteiger partial charge in [-0.1, -0.05) is 12.1 Å². The van der Waals surface area contributed by atoms with E-state index in [1.165, 1.54) is 7.11 Å². The summed E-state index contributed by atoms with van der Waals surface area (Å²) in [5.74, 6) is 2.34. The Labute approximate surface area is 220 Å². The van der Waals surface area contributed by atoms with Crippen LogP contribution < -0.4 is 23.7 Å². The van der Waals surface area contributed by atoms with Gasteiger partial charge in [0.15, 0.2) is 23.0 Å². The number of cyclic esters (lactones) is 1. The summed E-state index contributed by atoms with van der Waals surface area (Å²) in [6.07, 6.45) is 0.216. The summed E-state index contributed by atoms with van der Waals surface area (Å²) >= 11 is 3.96. The van der Waals surface area contributed by atoms with E-state index in [1.807, 2.05) is 23.6 Å². The number of carbonyl (C=O) groups excluding carboxylic acids is 1. The molecule has 0 aliphatic carbocycles. The number of hydrogen-bond donors (Lipinski definition) is 0. The van der Waals surface area contributed by atoms with Gasteiger partial charge in [-0.15, -0.1) is 11.3 Å². The molecule has 1 unspecified atom stereocenters. The lowest BCUT2D eigenvalue weighted by molar-refractivity contribution is 0.0213. The molecule has 2 atom stereocenters. The Bertz CT molecular complexity index is 1330. The van der Waals surface area contributed by atoms with Crippen molar-refractivity contribution in [1.82, 2.24) is 3.11 Å². The van der Waals surface area contributed by atoms with Crippen LogP contribution in [0.25, 0.3) is 10.4 Å². The summed E-state index contributed by atoms with van der Waals surface area (Å²) in [6.45, 7) is 0.889. The molecule has 4 heterocycles. The van der Waals surface area contributed by atoms with Crippen LogP contribution in [-0.4, -0.2) is 43.7 Å². The standard InChI is InChI=1S/C25H22INO7S/c1-29-14-7-6-13-18(21(14)30-2)25(28)34-20(13)19-17-12(8-9-27(19)26)16(15-5-4-10-35-15)23-24(22(17)31-3)33-11-32-23/h4-7,10,19-20H,8-9,11H2,1-3H3/t19-,20?/m1/s1. The molecule has 1 aromatic heterocycles. The van der Waals surface area contributed by atoms with E-state index in [1.54, 1.807) is 25.6 Å². The van der Waals surface area contributed by atoms with Crippen LogP contribution >= 0.6 is 34.2 Å². The van der Waals surface area contributed by atoms with Gasteiger partial charge in [0, 0.05) is 51.0 Å². The molecule has 2 aromatic carbocycles. The average molecular weight is 607 g/mol. The number of hydrogen-bond acceptors (Lipinski definition) is 9. The van der Waals surface area contributed by atoms with Gasteiger partial charge < -0.3 is 28.4 Å². The summed E-state index contributed by atoms with van der Waals surface area (Å²) in [5.41, 5.74) is 4.24. The van der Waals surface area contributed by atoms with Crippen molar-refractivity contribution in [1.29, 1.82) is 0 Å². The topological polar surface area (TPSA) is 75.7 Å². The number of fused-ring (bicyclic) bond motifs is 3. The van der Waals surface area contributed by atoms with Gasteiger partial charge in [-0.05, 0) is 29.5 Å². The Morgan fingerprint density at radius 1 is 1.03 bits per heavy atom. The van der Waals surface area contributed by atoms with Crippen LogP contribution in [0.4, 0.5) is 0 Å². The summed E-state index contributed by atoms with van der Waals surface area (Å²) < 4.78 is 37.0. The second kappa shape index (κ2) is 8.75. The maximum atomic E-state index is 13.1. The summed E-state index contributed by atoms with van der Waals surface area (Å²) in [5, 5.41) is 2.05. The van der Waals surface area contributed by atoms with Crippen molar-refractivity contribution in [2.24, 2.45) is 0 Å². The zero-order valence-corrected chi connectivity index (χ0v) is 22.2. The number of halogens is 1. The smallest absolute Gasteiger partial charge is 0.343 e. The van der Waals surface area contributed by atoms with Crippen LogP contribution in [0.1, 0.15) is 39.2 Å². The minimum Gasteiger partial charge on any atom is -0.493 e. The number of nitrogens with zero attached hydrogens (tertiary/aromatic N) is 1. The second-order valence-electron chi connectivity index (χ2n) is 8.25. The Morgan fingerprint density at radius 3 is 2.54 bits per heavy atom. The monoisotopic (exact) mass is 607 g/mol. The molecule has 0 amide bonds. The molecule has 3 aliphatic heterocycles. The van der Waals surface area contributed by atoms with Crippen molar-refractivity contribution < 1.29 is 33.2 Å².